The number of nitrogens with zero attached hydrogens (tertiary/aromatic N) is 1. The maximum Gasteiger partial charge on any atom is 0.326 e. The molecule has 0 rings (SSSR count). The first-order chi connectivity index (χ1) is 9.40. The van der Waals surface area contributed by atoms with Crippen molar-refractivity contribution in [3.8, 4) is 0 Å². The summed E-state index contributed by atoms with van der Waals surface area (Å²) in [5.74, 6) is -2.65. The van der Waals surface area contributed by atoms with Crippen molar-refractivity contribution in [1.29, 1.82) is 0 Å². The molecule has 0 aliphatic rings. The van der Waals surface area contributed by atoms with E-state index in [0.29, 0.717) is 6.54 Å². The summed E-state index contributed by atoms with van der Waals surface area (Å²) in [5, 5.41) is 21.9. The first kappa shape index (κ1) is 18.2. The van der Waals surface area contributed by atoms with Gasteiger partial charge in [-0.25, -0.2) is 9.59 Å². The number of aliphatic carboxylic acids is 2. The Bertz CT molecular complexity index is 331. The van der Waals surface area contributed by atoms with Gasteiger partial charge in [-0.3, -0.25) is 4.79 Å². The predicted octanol–water partition coefficient (Wildman–Crippen LogP) is -0.0546. The summed E-state index contributed by atoms with van der Waals surface area (Å²) >= 11 is 0. The monoisotopic (exact) mass is 289 g/mol. The summed E-state index contributed by atoms with van der Waals surface area (Å²) in [6.07, 6.45) is 0.0912. The summed E-state index contributed by atoms with van der Waals surface area (Å²) in [6.45, 7) is 7.21. The molecule has 0 saturated carbocycles. The first-order valence-corrected chi connectivity index (χ1v) is 6.62. The van der Waals surface area contributed by atoms with Crippen LogP contribution in [0.5, 0.6) is 0 Å². The Morgan fingerprint density at radius 1 is 1.15 bits per heavy atom. The van der Waals surface area contributed by atoms with E-state index in [1.807, 2.05) is 13.8 Å². The van der Waals surface area contributed by atoms with Crippen LogP contribution in [0.3, 0.4) is 0 Å². The van der Waals surface area contributed by atoms with Gasteiger partial charge in [0.15, 0.2) is 0 Å². The van der Waals surface area contributed by atoms with Crippen LogP contribution in [0.2, 0.25) is 0 Å². The second kappa shape index (κ2) is 10.0. The summed E-state index contributed by atoms with van der Waals surface area (Å²) in [7, 11) is 0. The van der Waals surface area contributed by atoms with E-state index in [2.05, 4.69) is 15.5 Å². The van der Waals surface area contributed by atoms with Crippen molar-refractivity contribution < 1.29 is 24.6 Å². The third-order valence-corrected chi connectivity index (χ3v) is 2.81. The zero-order valence-electron chi connectivity index (χ0n) is 11.9. The molecule has 0 unspecified atom stereocenters. The van der Waals surface area contributed by atoms with Gasteiger partial charge < -0.3 is 25.7 Å². The van der Waals surface area contributed by atoms with E-state index in [1.165, 1.54) is 0 Å². The minimum atomic E-state index is -1.42. The van der Waals surface area contributed by atoms with E-state index < -0.39 is 30.4 Å². The molecule has 0 aromatic carbocycles. The lowest BCUT2D eigenvalue weighted by Gasteiger charge is -2.18. The van der Waals surface area contributed by atoms with Crippen molar-refractivity contribution in [3.63, 3.8) is 0 Å². The normalized spacial score (nSPS) is 11.9. The van der Waals surface area contributed by atoms with E-state index in [-0.39, 0.29) is 0 Å². The second-order valence-electron chi connectivity index (χ2n) is 4.27. The maximum atomic E-state index is 11.4. The van der Waals surface area contributed by atoms with Gasteiger partial charge >= 0.3 is 18.0 Å². The number of carboxylic acid groups (broad SMARTS) is 2. The molecule has 0 heterocycles. The van der Waals surface area contributed by atoms with Crippen LogP contribution in [0.4, 0.5) is 4.79 Å². The van der Waals surface area contributed by atoms with Gasteiger partial charge in [0.1, 0.15) is 6.04 Å². The van der Waals surface area contributed by atoms with Crippen LogP contribution >= 0.6 is 0 Å². The van der Waals surface area contributed by atoms with Crippen molar-refractivity contribution >= 4 is 18.0 Å². The SMILES string of the molecule is CCN(CC)CCCNC(=O)N[C@@H](CC(=O)O)C(=O)O. The highest BCUT2D eigenvalue weighted by Gasteiger charge is 2.22. The van der Waals surface area contributed by atoms with Crippen molar-refractivity contribution in [2.45, 2.75) is 32.7 Å². The molecule has 0 aromatic heterocycles. The summed E-state index contributed by atoms with van der Waals surface area (Å²) in [6, 6.07) is -2.09. The molecular formula is C12H23N3O5. The van der Waals surface area contributed by atoms with Crippen LogP contribution in [0, 0.1) is 0 Å². The number of nitrogens with one attached hydrogen (secondary N) is 2. The lowest BCUT2D eigenvalue weighted by molar-refractivity contribution is -0.145. The van der Waals surface area contributed by atoms with Crippen molar-refractivity contribution in [1.82, 2.24) is 15.5 Å². The van der Waals surface area contributed by atoms with Gasteiger partial charge in [-0.15, -0.1) is 0 Å². The number of urea groups is 1. The minimum absolute atomic E-state index is 0.405. The highest BCUT2D eigenvalue weighted by atomic mass is 16.4. The molecule has 0 aliphatic carbocycles. The molecular weight excluding hydrogens is 266 g/mol. The number of amides is 2. The second-order valence-corrected chi connectivity index (χ2v) is 4.27. The Labute approximate surface area is 118 Å². The van der Waals surface area contributed by atoms with Gasteiger partial charge in [0.05, 0.1) is 6.42 Å². The summed E-state index contributed by atoms with van der Waals surface area (Å²) in [5.41, 5.74) is 0. The number of carboxylic acids is 2. The molecule has 0 radical (unpaired) electrons. The maximum absolute atomic E-state index is 11.4. The molecule has 0 saturated heterocycles. The Kier molecular flexibility index (Phi) is 9.10. The zero-order valence-corrected chi connectivity index (χ0v) is 11.9. The fraction of sp³-hybridized carbons (Fsp3) is 0.750. The molecule has 0 aliphatic heterocycles. The van der Waals surface area contributed by atoms with E-state index in [9.17, 15) is 14.4 Å². The fourth-order valence-corrected chi connectivity index (χ4v) is 1.63. The smallest absolute Gasteiger partial charge is 0.326 e. The van der Waals surface area contributed by atoms with Crippen LogP contribution in [0.25, 0.3) is 0 Å². The van der Waals surface area contributed by atoms with Crippen molar-refractivity contribution in [3.05, 3.63) is 0 Å². The zero-order chi connectivity index (χ0) is 15.5. The van der Waals surface area contributed by atoms with E-state index in [0.717, 1.165) is 26.1 Å². The standard InChI is InChI=1S/C12H23N3O5/c1-3-15(4-2)7-5-6-13-12(20)14-9(11(18)19)8-10(16)17/h9H,3-8H2,1-2H3,(H,16,17)(H,18,19)(H2,13,14,20)/t9-/m0/s1. The molecule has 0 bridgehead atoms. The average molecular weight is 289 g/mol. The molecule has 8 nitrogen and oxygen atoms in total. The van der Waals surface area contributed by atoms with Gasteiger partial charge in [-0.05, 0) is 26.1 Å². The molecule has 4 N–H and O–H groups in total. The number of hydrogen-bond acceptors (Lipinski definition) is 4. The molecule has 8 heteroatoms. The lowest BCUT2D eigenvalue weighted by Crippen LogP contribution is -2.47. The Morgan fingerprint density at radius 2 is 1.75 bits per heavy atom. The minimum Gasteiger partial charge on any atom is -0.481 e. The van der Waals surface area contributed by atoms with Gasteiger partial charge in [0.25, 0.3) is 0 Å². The van der Waals surface area contributed by atoms with E-state index >= 15 is 0 Å². The Hall–Kier alpha value is -1.83. The number of carbonyl (C=O) groups excluding carboxylic acids is 1. The first-order valence-electron chi connectivity index (χ1n) is 6.62. The largest absolute Gasteiger partial charge is 0.481 e. The molecule has 116 valence electrons. The summed E-state index contributed by atoms with van der Waals surface area (Å²) in [4.78, 5) is 34.8. The van der Waals surface area contributed by atoms with Crippen LogP contribution in [-0.4, -0.2) is 65.3 Å². The lowest BCUT2D eigenvalue weighted by atomic mass is 10.2. The number of rotatable bonds is 10. The fourth-order valence-electron chi connectivity index (χ4n) is 1.63. The molecule has 1 atom stereocenters. The van der Waals surface area contributed by atoms with Crippen LogP contribution in [-0.2, 0) is 9.59 Å². The average Bonchev–Trinajstić information content (AvgIpc) is 2.37. The van der Waals surface area contributed by atoms with Crippen LogP contribution < -0.4 is 10.6 Å². The highest BCUT2D eigenvalue weighted by Crippen LogP contribution is 1.93. The number of hydrogen-bond donors (Lipinski definition) is 4. The van der Waals surface area contributed by atoms with Crippen LogP contribution in [0.15, 0.2) is 0 Å². The third-order valence-electron chi connectivity index (χ3n) is 2.81. The van der Waals surface area contributed by atoms with Gasteiger partial charge in [0, 0.05) is 6.54 Å². The Morgan fingerprint density at radius 3 is 2.20 bits per heavy atom. The van der Waals surface area contributed by atoms with Crippen molar-refractivity contribution in [2.75, 3.05) is 26.2 Å². The Balaban J connectivity index is 3.96. The summed E-state index contributed by atoms with van der Waals surface area (Å²) < 4.78 is 0. The quantitative estimate of drug-likeness (QED) is 0.418. The van der Waals surface area contributed by atoms with Crippen LogP contribution in [0.1, 0.15) is 26.7 Å². The predicted molar refractivity (Wildman–Crippen MR) is 72.6 cm³/mol. The topological polar surface area (TPSA) is 119 Å². The van der Waals surface area contributed by atoms with Gasteiger partial charge in [-0.2, -0.15) is 0 Å². The highest BCUT2D eigenvalue weighted by molar-refractivity contribution is 5.86. The van der Waals surface area contributed by atoms with E-state index in [1.54, 1.807) is 0 Å². The van der Waals surface area contributed by atoms with E-state index in [4.69, 9.17) is 10.2 Å². The van der Waals surface area contributed by atoms with Gasteiger partial charge in [-0.1, -0.05) is 13.8 Å². The molecule has 0 aromatic rings. The van der Waals surface area contributed by atoms with Gasteiger partial charge in [0.2, 0.25) is 0 Å². The third kappa shape index (κ3) is 8.30. The van der Waals surface area contributed by atoms with Crippen molar-refractivity contribution in [2.24, 2.45) is 0 Å². The molecule has 0 fully saturated rings. The molecule has 2 amide bonds. The number of carbonyl (C=O) groups is 3. The molecule has 0 spiro atoms. The molecule has 20 heavy (non-hydrogen) atoms.